The highest BCUT2D eigenvalue weighted by Gasteiger charge is 1.98. The average molecular weight is 185 g/mol. The first-order valence-corrected chi connectivity index (χ1v) is 4.93. The molecular formula is C10H23N3. The molecule has 0 aromatic rings. The number of rotatable bonds is 5. The average Bonchev–Trinajstić information content (AvgIpc) is 2.15. The molecule has 0 aliphatic rings. The molecule has 0 saturated heterocycles. The lowest BCUT2D eigenvalue weighted by molar-refractivity contribution is 0.287. The summed E-state index contributed by atoms with van der Waals surface area (Å²) in [5, 5.41) is 9.34. The van der Waals surface area contributed by atoms with Crippen LogP contribution in [0.5, 0.6) is 0 Å². The molecular weight excluding hydrogens is 162 g/mol. The Bertz CT molecular complexity index is 130. The summed E-state index contributed by atoms with van der Waals surface area (Å²) in [6, 6.07) is 0. The second-order valence-corrected chi connectivity index (χ2v) is 2.79. The lowest BCUT2D eigenvalue weighted by Crippen LogP contribution is -2.13. The van der Waals surface area contributed by atoms with Crippen LogP contribution in [-0.4, -0.2) is 24.6 Å². The van der Waals surface area contributed by atoms with Gasteiger partial charge in [-0.25, -0.2) is 0 Å². The monoisotopic (exact) mass is 185 g/mol. The molecule has 13 heavy (non-hydrogen) atoms. The third-order valence-electron chi connectivity index (χ3n) is 1.32. The standard InChI is InChI=1S/C8H17N3.C2H6/c1-5-10-11(9-4)7-6-8(2)3;1-2/h5,8H,4,6-7H2,1-3H3;1-2H3/b10-5-;. The third-order valence-corrected chi connectivity index (χ3v) is 1.32. The molecule has 78 valence electrons. The highest BCUT2D eigenvalue weighted by Crippen LogP contribution is 2.01. The van der Waals surface area contributed by atoms with E-state index in [-0.39, 0.29) is 0 Å². The third kappa shape index (κ3) is 11.1. The maximum Gasteiger partial charge on any atom is 0.0609 e. The molecule has 3 heteroatoms. The van der Waals surface area contributed by atoms with E-state index in [0.717, 1.165) is 13.0 Å². The van der Waals surface area contributed by atoms with E-state index < -0.39 is 0 Å². The first-order valence-electron chi connectivity index (χ1n) is 4.93. The lowest BCUT2D eigenvalue weighted by Gasteiger charge is -2.12. The Kier molecular flexibility index (Phi) is 12.6. The van der Waals surface area contributed by atoms with E-state index in [9.17, 15) is 0 Å². The summed E-state index contributed by atoms with van der Waals surface area (Å²) < 4.78 is 0. The highest BCUT2D eigenvalue weighted by molar-refractivity contribution is 5.52. The number of nitrogens with zero attached hydrogens (tertiary/aromatic N) is 3. The summed E-state index contributed by atoms with van der Waals surface area (Å²) in [5.74, 6) is 0.686. The molecule has 0 spiro atoms. The van der Waals surface area contributed by atoms with Gasteiger partial charge in [0, 0.05) is 12.9 Å². The van der Waals surface area contributed by atoms with Crippen molar-refractivity contribution in [3.05, 3.63) is 0 Å². The van der Waals surface area contributed by atoms with Gasteiger partial charge in [0.1, 0.15) is 0 Å². The Labute approximate surface area is 82.5 Å². The summed E-state index contributed by atoms with van der Waals surface area (Å²) in [6.45, 7) is 14.5. The normalized spacial score (nSPS) is 9.69. The van der Waals surface area contributed by atoms with Crippen molar-refractivity contribution in [1.29, 1.82) is 0 Å². The minimum absolute atomic E-state index is 0.686. The maximum absolute atomic E-state index is 3.99. The van der Waals surface area contributed by atoms with Crippen LogP contribution in [0.25, 0.3) is 0 Å². The van der Waals surface area contributed by atoms with Gasteiger partial charge in [0.15, 0.2) is 0 Å². The van der Waals surface area contributed by atoms with Gasteiger partial charge >= 0.3 is 0 Å². The van der Waals surface area contributed by atoms with Crippen LogP contribution in [0.4, 0.5) is 0 Å². The topological polar surface area (TPSA) is 28.0 Å². The van der Waals surface area contributed by atoms with Crippen molar-refractivity contribution in [2.45, 2.75) is 41.0 Å². The van der Waals surface area contributed by atoms with E-state index in [2.05, 4.69) is 30.8 Å². The van der Waals surface area contributed by atoms with Crippen molar-refractivity contribution >= 4 is 12.9 Å². The molecule has 0 atom stereocenters. The highest BCUT2D eigenvalue weighted by atomic mass is 15.6. The molecule has 3 nitrogen and oxygen atoms in total. The van der Waals surface area contributed by atoms with E-state index in [0.29, 0.717) is 5.92 Å². The zero-order chi connectivity index (χ0) is 10.7. The van der Waals surface area contributed by atoms with Gasteiger partial charge in [0.2, 0.25) is 0 Å². The fraction of sp³-hybridized carbons (Fsp3) is 0.800. The van der Waals surface area contributed by atoms with E-state index in [1.807, 2.05) is 20.8 Å². The van der Waals surface area contributed by atoms with Crippen LogP contribution in [0, 0.1) is 5.92 Å². The second-order valence-electron chi connectivity index (χ2n) is 2.79. The van der Waals surface area contributed by atoms with Gasteiger partial charge in [-0.1, -0.05) is 27.7 Å². The van der Waals surface area contributed by atoms with Crippen LogP contribution in [0.3, 0.4) is 0 Å². The molecule has 0 saturated carbocycles. The van der Waals surface area contributed by atoms with Gasteiger partial charge in [-0.05, 0) is 19.3 Å². The van der Waals surface area contributed by atoms with Gasteiger partial charge in [-0.2, -0.15) is 15.3 Å². The van der Waals surface area contributed by atoms with Crippen molar-refractivity contribution in [3.63, 3.8) is 0 Å². The molecule has 0 bridgehead atoms. The molecule has 0 heterocycles. The van der Waals surface area contributed by atoms with Gasteiger partial charge < -0.3 is 0 Å². The molecule has 0 N–H and O–H groups in total. The van der Waals surface area contributed by atoms with Crippen molar-refractivity contribution in [2.75, 3.05) is 6.54 Å². The van der Waals surface area contributed by atoms with Crippen molar-refractivity contribution in [1.82, 2.24) is 5.12 Å². The van der Waals surface area contributed by atoms with Crippen LogP contribution in [0.1, 0.15) is 41.0 Å². The zero-order valence-electron chi connectivity index (χ0n) is 9.62. The Morgan fingerprint density at radius 2 is 1.92 bits per heavy atom. The summed E-state index contributed by atoms with van der Waals surface area (Å²) in [7, 11) is 0. The second kappa shape index (κ2) is 11.1. The largest absolute Gasteiger partial charge is 0.186 e. The first-order chi connectivity index (χ1) is 6.20. The van der Waals surface area contributed by atoms with Crippen molar-refractivity contribution in [2.24, 2.45) is 16.1 Å². The first kappa shape index (κ1) is 14.7. The number of hydrogen-bond donors (Lipinski definition) is 0. The van der Waals surface area contributed by atoms with Crippen molar-refractivity contribution < 1.29 is 0 Å². The SMILES string of the molecule is C=NN(CCC(C)C)/N=C\C.CC. The molecule has 0 radical (unpaired) electrons. The predicted molar refractivity (Wildman–Crippen MR) is 61.2 cm³/mol. The van der Waals surface area contributed by atoms with E-state index in [4.69, 9.17) is 0 Å². The molecule has 0 aliphatic carbocycles. The summed E-state index contributed by atoms with van der Waals surface area (Å²) in [4.78, 5) is 0. The van der Waals surface area contributed by atoms with Crippen LogP contribution in [0.2, 0.25) is 0 Å². The molecule has 0 rings (SSSR count). The molecule has 0 aromatic heterocycles. The predicted octanol–water partition coefficient (Wildman–Crippen LogP) is 2.98. The number of hydrazone groups is 2. The maximum atomic E-state index is 3.99. The van der Waals surface area contributed by atoms with Gasteiger partial charge in [-0.3, -0.25) is 0 Å². The molecule has 0 unspecified atom stereocenters. The number of hydrogen-bond acceptors (Lipinski definition) is 3. The lowest BCUT2D eigenvalue weighted by atomic mass is 10.1. The van der Waals surface area contributed by atoms with Gasteiger partial charge in [0.05, 0.1) is 6.54 Å². The van der Waals surface area contributed by atoms with Gasteiger partial charge in [0.25, 0.3) is 0 Å². The molecule has 0 aromatic carbocycles. The summed E-state index contributed by atoms with van der Waals surface area (Å²) in [6.07, 6.45) is 2.81. The zero-order valence-corrected chi connectivity index (χ0v) is 9.62. The smallest absolute Gasteiger partial charge is 0.0609 e. The Hall–Kier alpha value is -0.860. The fourth-order valence-corrected chi connectivity index (χ4v) is 0.672. The quantitative estimate of drug-likeness (QED) is 0.478. The summed E-state index contributed by atoms with van der Waals surface area (Å²) >= 11 is 0. The van der Waals surface area contributed by atoms with Crippen molar-refractivity contribution in [3.8, 4) is 0 Å². The molecule has 0 fully saturated rings. The Morgan fingerprint density at radius 3 is 2.23 bits per heavy atom. The summed E-state index contributed by atoms with van der Waals surface area (Å²) in [5.41, 5.74) is 0. The van der Waals surface area contributed by atoms with E-state index in [1.54, 1.807) is 11.3 Å². The van der Waals surface area contributed by atoms with Crippen LogP contribution in [-0.2, 0) is 0 Å². The minimum atomic E-state index is 0.686. The van der Waals surface area contributed by atoms with E-state index in [1.165, 1.54) is 0 Å². The van der Waals surface area contributed by atoms with E-state index >= 15 is 0 Å². The van der Waals surface area contributed by atoms with Crippen LogP contribution in [0.15, 0.2) is 10.2 Å². The Balaban J connectivity index is 0. The Morgan fingerprint density at radius 1 is 1.38 bits per heavy atom. The molecule has 0 aliphatic heterocycles. The van der Waals surface area contributed by atoms with Crippen LogP contribution < -0.4 is 0 Å². The minimum Gasteiger partial charge on any atom is -0.186 e. The molecule has 0 amide bonds. The fourth-order valence-electron chi connectivity index (χ4n) is 0.672. The van der Waals surface area contributed by atoms with Gasteiger partial charge in [-0.15, -0.1) is 0 Å². The van der Waals surface area contributed by atoms with Crippen LogP contribution >= 0.6 is 0 Å².